The number of amides is 3. The molecular weight excluding hydrogens is 382 g/mol. The SMILES string of the molecule is CCCCOc1ccc(C(=O)NNC(=O)CCC(=O)Nc2ccc(C)cc2C)cc1. The molecule has 7 heteroatoms. The lowest BCUT2D eigenvalue weighted by Gasteiger charge is -2.10. The van der Waals surface area contributed by atoms with E-state index in [-0.39, 0.29) is 18.7 Å². The quantitative estimate of drug-likeness (QED) is 0.433. The molecule has 2 rings (SSSR count). The van der Waals surface area contributed by atoms with Gasteiger partial charge in [0.1, 0.15) is 5.75 Å². The Balaban J connectivity index is 1.72. The summed E-state index contributed by atoms with van der Waals surface area (Å²) in [5.41, 5.74) is 7.86. The molecule has 0 saturated carbocycles. The van der Waals surface area contributed by atoms with E-state index in [2.05, 4.69) is 23.1 Å². The molecule has 30 heavy (non-hydrogen) atoms. The van der Waals surface area contributed by atoms with E-state index in [9.17, 15) is 14.4 Å². The van der Waals surface area contributed by atoms with Gasteiger partial charge in [-0.15, -0.1) is 0 Å². The van der Waals surface area contributed by atoms with E-state index in [1.54, 1.807) is 24.3 Å². The number of rotatable bonds is 9. The number of ether oxygens (including phenoxy) is 1. The van der Waals surface area contributed by atoms with E-state index in [0.717, 1.165) is 29.7 Å². The van der Waals surface area contributed by atoms with E-state index in [1.165, 1.54) is 0 Å². The predicted octanol–water partition coefficient (Wildman–Crippen LogP) is 3.66. The normalized spacial score (nSPS) is 10.2. The second-order valence-corrected chi connectivity index (χ2v) is 7.10. The predicted molar refractivity (Wildman–Crippen MR) is 116 cm³/mol. The first-order chi connectivity index (χ1) is 14.4. The number of hydrogen-bond donors (Lipinski definition) is 3. The van der Waals surface area contributed by atoms with Crippen molar-refractivity contribution in [2.75, 3.05) is 11.9 Å². The van der Waals surface area contributed by atoms with Gasteiger partial charge in [0.25, 0.3) is 5.91 Å². The van der Waals surface area contributed by atoms with Gasteiger partial charge in [0.2, 0.25) is 11.8 Å². The van der Waals surface area contributed by atoms with Gasteiger partial charge in [0, 0.05) is 24.1 Å². The smallest absolute Gasteiger partial charge is 0.269 e. The Bertz CT molecular complexity index is 879. The fraction of sp³-hybridized carbons (Fsp3) is 0.348. The molecule has 0 heterocycles. The van der Waals surface area contributed by atoms with Gasteiger partial charge >= 0.3 is 0 Å². The topological polar surface area (TPSA) is 96.5 Å². The van der Waals surface area contributed by atoms with Crippen LogP contribution in [-0.2, 0) is 9.59 Å². The van der Waals surface area contributed by atoms with E-state index in [0.29, 0.717) is 17.9 Å². The highest BCUT2D eigenvalue weighted by atomic mass is 16.5. The monoisotopic (exact) mass is 411 g/mol. The highest BCUT2D eigenvalue weighted by Gasteiger charge is 2.11. The van der Waals surface area contributed by atoms with Crippen molar-refractivity contribution in [3.8, 4) is 5.75 Å². The molecule has 0 aliphatic heterocycles. The molecule has 7 nitrogen and oxygen atoms in total. The largest absolute Gasteiger partial charge is 0.494 e. The minimum absolute atomic E-state index is 0.0127. The van der Waals surface area contributed by atoms with E-state index >= 15 is 0 Å². The maximum atomic E-state index is 12.1. The van der Waals surface area contributed by atoms with Gasteiger partial charge < -0.3 is 10.1 Å². The summed E-state index contributed by atoms with van der Waals surface area (Å²) < 4.78 is 5.55. The second-order valence-electron chi connectivity index (χ2n) is 7.10. The van der Waals surface area contributed by atoms with Crippen LogP contribution in [0.4, 0.5) is 5.69 Å². The highest BCUT2D eigenvalue weighted by Crippen LogP contribution is 2.16. The third-order valence-electron chi connectivity index (χ3n) is 4.43. The number of unbranched alkanes of at least 4 members (excludes halogenated alkanes) is 1. The van der Waals surface area contributed by atoms with Crippen molar-refractivity contribution in [3.63, 3.8) is 0 Å². The zero-order chi connectivity index (χ0) is 21.9. The van der Waals surface area contributed by atoms with Crippen LogP contribution in [0.25, 0.3) is 0 Å². The molecule has 3 amide bonds. The van der Waals surface area contributed by atoms with Crippen LogP contribution < -0.4 is 20.9 Å². The van der Waals surface area contributed by atoms with E-state index < -0.39 is 11.8 Å². The minimum atomic E-state index is -0.446. The van der Waals surface area contributed by atoms with Crippen LogP contribution in [-0.4, -0.2) is 24.3 Å². The van der Waals surface area contributed by atoms with Gasteiger partial charge in [-0.25, -0.2) is 0 Å². The van der Waals surface area contributed by atoms with Crippen molar-refractivity contribution in [3.05, 3.63) is 59.2 Å². The molecule has 0 aliphatic rings. The van der Waals surface area contributed by atoms with Crippen molar-refractivity contribution in [1.82, 2.24) is 10.9 Å². The number of hydrazine groups is 1. The maximum absolute atomic E-state index is 12.1. The zero-order valence-corrected chi connectivity index (χ0v) is 17.7. The van der Waals surface area contributed by atoms with Gasteiger partial charge in [-0.3, -0.25) is 25.2 Å². The Morgan fingerprint density at radius 1 is 0.900 bits per heavy atom. The van der Waals surface area contributed by atoms with Crippen LogP contribution in [0.3, 0.4) is 0 Å². The van der Waals surface area contributed by atoms with Crippen molar-refractivity contribution >= 4 is 23.4 Å². The van der Waals surface area contributed by atoms with Crippen LogP contribution in [0.5, 0.6) is 5.75 Å². The standard InChI is InChI=1S/C23H29N3O4/c1-4-5-14-30-19-9-7-18(8-10-19)23(29)26-25-22(28)13-12-21(27)24-20-11-6-16(2)15-17(20)3/h6-11,15H,4-5,12-14H2,1-3H3,(H,24,27)(H,25,28)(H,26,29). The average Bonchev–Trinajstić information content (AvgIpc) is 2.73. The lowest BCUT2D eigenvalue weighted by molar-refractivity contribution is -0.124. The lowest BCUT2D eigenvalue weighted by Crippen LogP contribution is -2.41. The Morgan fingerprint density at radius 3 is 2.27 bits per heavy atom. The molecule has 0 atom stereocenters. The van der Waals surface area contributed by atoms with E-state index in [4.69, 9.17) is 4.74 Å². The molecule has 2 aromatic carbocycles. The summed E-state index contributed by atoms with van der Waals surface area (Å²) in [5.74, 6) is -0.456. The lowest BCUT2D eigenvalue weighted by atomic mass is 10.1. The summed E-state index contributed by atoms with van der Waals surface area (Å²) in [6.07, 6.45) is 1.99. The van der Waals surface area contributed by atoms with Crippen molar-refractivity contribution in [1.29, 1.82) is 0 Å². The summed E-state index contributed by atoms with van der Waals surface area (Å²) in [6, 6.07) is 12.4. The maximum Gasteiger partial charge on any atom is 0.269 e. The van der Waals surface area contributed by atoms with Crippen molar-refractivity contribution in [2.45, 2.75) is 46.5 Å². The van der Waals surface area contributed by atoms with Crippen LogP contribution in [0, 0.1) is 13.8 Å². The highest BCUT2D eigenvalue weighted by molar-refractivity contribution is 5.96. The minimum Gasteiger partial charge on any atom is -0.494 e. The van der Waals surface area contributed by atoms with Gasteiger partial charge in [-0.1, -0.05) is 31.0 Å². The summed E-state index contributed by atoms with van der Waals surface area (Å²) in [4.78, 5) is 36.1. The Kier molecular flexibility index (Phi) is 8.87. The summed E-state index contributed by atoms with van der Waals surface area (Å²) >= 11 is 0. The molecule has 0 fully saturated rings. The molecule has 3 N–H and O–H groups in total. The van der Waals surface area contributed by atoms with E-state index in [1.807, 2.05) is 32.0 Å². The van der Waals surface area contributed by atoms with Crippen LogP contribution in [0.2, 0.25) is 0 Å². The average molecular weight is 412 g/mol. The van der Waals surface area contributed by atoms with Crippen LogP contribution in [0.15, 0.2) is 42.5 Å². The van der Waals surface area contributed by atoms with Gasteiger partial charge in [0.15, 0.2) is 0 Å². The van der Waals surface area contributed by atoms with Crippen LogP contribution in [0.1, 0.15) is 54.1 Å². The first kappa shape index (κ1) is 22.9. The number of benzene rings is 2. The number of nitrogens with one attached hydrogen (secondary N) is 3. The molecule has 0 spiro atoms. The molecule has 0 unspecified atom stereocenters. The summed E-state index contributed by atoms with van der Waals surface area (Å²) in [7, 11) is 0. The first-order valence-corrected chi connectivity index (χ1v) is 10.1. The first-order valence-electron chi connectivity index (χ1n) is 10.1. The molecule has 160 valence electrons. The molecular formula is C23H29N3O4. The molecule has 0 saturated heterocycles. The third-order valence-corrected chi connectivity index (χ3v) is 4.43. The Morgan fingerprint density at radius 2 is 1.60 bits per heavy atom. The fourth-order valence-corrected chi connectivity index (χ4v) is 2.69. The number of carbonyl (C=O) groups excluding carboxylic acids is 3. The summed E-state index contributed by atoms with van der Waals surface area (Å²) in [5, 5.41) is 2.79. The zero-order valence-electron chi connectivity index (χ0n) is 17.7. The number of hydrogen-bond acceptors (Lipinski definition) is 4. The fourth-order valence-electron chi connectivity index (χ4n) is 2.69. The van der Waals surface area contributed by atoms with Crippen LogP contribution >= 0.6 is 0 Å². The molecule has 2 aromatic rings. The second kappa shape index (κ2) is 11.6. The number of aryl methyl sites for hydroxylation is 2. The molecule has 0 aliphatic carbocycles. The molecule has 0 bridgehead atoms. The van der Waals surface area contributed by atoms with Gasteiger partial charge in [0.05, 0.1) is 6.61 Å². The number of carbonyl (C=O) groups is 3. The van der Waals surface area contributed by atoms with Gasteiger partial charge in [-0.2, -0.15) is 0 Å². The van der Waals surface area contributed by atoms with Crippen molar-refractivity contribution < 1.29 is 19.1 Å². The number of anilines is 1. The molecule has 0 radical (unpaired) electrons. The van der Waals surface area contributed by atoms with Gasteiger partial charge in [-0.05, 0) is 56.2 Å². The summed E-state index contributed by atoms with van der Waals surface area (Å²) in [6.45, 7) is 6.61. The Hall–Kier alpha value is -3.35. The van der Waals surface area contributed by atoms with Crippen molar-refractivity contribution in [2.24, 2.45) is 0 Å². The Labute approximate surface area is 177 Å². The third kappa shape index (κ3) is 7.58. The molecule has 0 aromatic heterocycles.